The zero-order valence-electron chi connectivity index (χ0n) is 13.0. The fourth-order valence-corrected chi connectivity index (χ4v) is 2.54. The molecule has 0 spiro atoms. The molecule has 0 aliphatic heterocycles. The summed E-state index contributed by atoms with van der Waals surface area (Å²) < 4.78 is 16.2. The Balaban J connectivity index is 3.32. The molecule has 0 saturated carbocycles. The highest BCUT2D eigenvalue weighted by atomic mass is 16.5. The van der Waals surface area contributed by atoms with Gasteiger partial charge in [0, 0.05) is 11.6 Å². The van der Waals surface area contributed by atoms with E-state index in [1.54, 1.807) is 21.3 Å². The van der Waals surface area contributed by atoms with Gasteiger partial charge in [-0.15, -0.1) is 0 Å². The minimum absolute atomic E-state index is 0.0137. The Hall–Kier alpha value is -1.46. The van der Waals surface area contributed by atoms with Gasteiger partial charge in [-0.1, -0.05) is 26.7 Å². The molecule has 5 nitrogen and oxygen atoms in total. The molecule has 0 radical (unpaired) electrons. The number of ether oxygens (including phenoxy) is 3. The zero-order valence-corrected chi connectivity index (χ0v) is 13.0. The number of benzene rings is 1. The van der Waals surface area contributed by atoms with Crippen LogP contribution in [-0.2, 0) is 0 Å². The van der Waals surface area contributed by atoms with Crippen molar-refractivity contribution in [2.75, 3.05) is 21.3 Å². The van der Waals surface area contributed by atoms with Gasteiger partial charge in [-0.05, 0) is 12.0 Å². The molecular formula is C15H26N2O3. The summed E-state index contributed by atoms with van der Waals surface area (Å²) in [6.07, 6.45) is 2.06. The Kier molecular flexibility index (Phi) is 6.61. The van der Waals surface area contributed by atoms with E-state index in [2.05, 4.69) is 19.3 Å². The largest absolute Gasteiger partial charge is 0.496 e. The Morgan fingerprint density at radius 3 is 1.85 bits per heavy atom. The number of hydrogen-bond acceptors (Lipinski definition) is 5. The van der Waals surface area contributed by atoms with E-state index in [1.165, 1.54) is 0 Å². The summed E-state index contributed by atoms with van der Waals surface area (Å²) in [5, 5.41) is 0. The predicted molar refractivity (Wildman–Crippen MR) is 80.2 cm³/mol. The van der Waals surface area contributed by atoms with Gasteiger partial charge in [0.15, 0.2) is 11.5 Å². The molecule has 0 bridgehead atoms. The normalized spacial score (nSPS) is 12.3. The number of nitrogens with two attached hydrogens (primary N) is 1. The molecule has 1 aromatic carbocycles. The van der Waals surface area contributed by atoms with E-state index in [9.17, 15) is 0 Å². The third-order valence-electron chi connectivity index (χ3n) is 3.77. The molecule has 0 amide bonds. The number of nitrogens with one attached hydrogen (secondary N) is 1. The molecule has 0 aliphatic carbocycles. The number of methoxy groups -OCH3 is 3. The van der Waals surface area contributed by atoms with Gasteiger partial charge in [-0.25, -0.2) is 0 Å². The van der Waals surface area contributed by atoms with E-state index in [0.717, 1.165) is 24.2 Å². The van der Waals surface area contributed by atoms with Crippen molar-refractivity contribution in [3.8, 4) is 17.2 Å². The summed E-state index contributed by atoms with van der Waals surface area (Å²) in [4.78, 5) is 0. The molecule has 1 aromatic rings. The fraction of sp³-hybridized carbons (Fsp3) is 0.600. The SMILES string of the molecule is CCC(CC)C(NN)c1cc(OC)c(OC)cc1OC. The zero-order chi connectivity index (χ0) is 15.1. The third kappa shape index (κ3) is 3.35. The quantitative estimate of drug-likeness (QED) is 0.567. The third-order valence-corrected chi connectivity index (χ3v) is 3.77. The Labute approximate surface area is 121 Å². The molecule has 114 valence electrons. The van der Waals surface area contributed by atoms with Crippen LogP contribution in [-0.4, -0.2) is 21.3 Å². The highest BCUT2D eigenvalue weighted by Gasteiger charge is 2.24. The van der Waals surface area contributed by atoms with Crippen molar-refractivity contribution in [2.45, 2.75) is 32.7 Å². The van der Waals surface area contributed by atoms with Crippen LogP contribution in [0.15, 0.2) is 12.1 Å². The molecule has 5 heteroatoms. The van der Waals surface area contributed by atoms with Crippen molar-refractivity contribution in [1.82, 2.24) is 5.43 Å². The molecule has 0 fully saturated rings. The summed E-state index contributed by atoms with van der Waals surface area (Å²) in [6, 6.07) is 3.78. The van der Waals surface area contributed by atoms with E-state index in [-0.39, 0.29) is 6.04 Å². The molecule has 3 N–H and O–H groups in total. The van der Waals surface area contributed by atoms with Gasteiger partial charge < -0.3 is 14.2 Å². The molecule has 0 aliphatic rings. The second kappa shape index (κ2) is 7.97. The second-order valence-electron chi connectivity index (χ2n) is 4.67. The topological polar surface area (TPSA) is 65.7 Å². The minimum atomic E-state index is 0.0137. The first-order valence-corrected chi connectivity index (χ1v) is 6.92. The van der Waals surface area contributed by atoms with Gasteiger partial charge in [-0.2, -0.15) is 0 Å². The summed E-state index contributed by atoms with van der Waals surface area (Å²) >= 11 is 0. The smallest absolute Gasteiger partial charge is 0.164 e. The maximum atomic E-state index is 5.76. The standard InChI is InChI=1S/C15H26N2O3/c1-6-10(7-2)15(17-16)11-8-13(19-4)14(20-5)9-12(11)18-3/h8-10,15,17H,6-7,16H2,1-5H3. The Morgan fingerprint density at radius 2 is 1.45 bits per heavy atom. The van der Waals surface area contributed by atoms with Crippen LogP contribution in [0.1, 0.15) is 38.3 Å². The van der Waals surface area contributed by atoms with Crippen LogP contribution in [0.3, 0.4) is 0 Å². The molecule has 0 heterocycles. The number of hydrogen-bond donors (Lipinski definition) is 2. The van der Waals surface area contributed by atoms with Crippen molar-refractivity contribution in [3.05, 3.63) is 17.7 Å². The van der Waals surface area contributed by atoms with E-state index in [4.69, 9.17) is 20.1 Å². The summed E-state index contributed by atoms with van der Waals surface area (Å²) in [6.45, 7) is 4.32. The average Bonchev–Trinajstić information content (AvgIpc) is 2.51. The van der Waals surface area contributed by atoms with E-state index < -0.39 is 0 Å². The fourth-order valence-electron chi connectivity index (χ4n) is 2.54. The lowest BCUT2D eigenvalue weighted by molar-refractivity contribution is 0.319. The number of hydrazine groups is 1. The molecule has 0 aromatic heterocycles. The van der Waals surface area contributed by atoms with Gasteiger partial charge >= 0.3 is 0 Å². The van der Waals surface area contributed by atoms with Gasteiger partial charge in [0.1, 0.15) is 5.75 Å². The average molecular weight is 282 g/mol. The first-order chi connectivity index (χ1) is 9.66. The summed E-state index contributed by atoms with van der Waals surface area (Å²) in [7, 11) is 4.87. The van der Waals surface area contributed by atoms with Gasteiger partial charge in [-0.3, -0.25) is 11.3 Å². The van der Waals surface area contributed by atoms with Gasteiger partial charge in [0.25, 0.3) is 0 Å². The summed E-state index contributed by atoms with van der Waals surface area (Å²) in [5.74, 6) is 8.26. The van der Waals surface area contributed by atoms with Crippen LogP contribution < -0.4 is 25.5 Å². The maximum absolute atomic E-state index is 5.76. The molecular weight excluding hydrogens is 256 g/mol. The first-order valence-electron chi connectivity index (χ1n) is 6.92. The van der Waals surface area contributed by atoms with Crippen molar-refractivity contribution < 1.29 is 14.2 Å². The van der Waals surface area contributed by atoms with E-state index >= 15 is 0 Å². The molecule has 0 saturated heterocycles. The van der Waals surface area contributed by atoms with Crippen LogP contribution >= 0.6 is 0 Å². The van der Waals surface area contributed by atoms with Crippen molar-refractivity contribution in [1.29, 1.82) is 0 Å². The van der Waals surface area contributed by atoms with Crippen LogP contribution in [0.25, 0.3) is 0 Å². The molecule has 1 rings (SSSR count). The number of rotatable bonds is 8. The van der Waals surface area contributed by atoms with Crippen LogP contribution in [0, 0.1) is 5.92 Å². The summed E-state index contributed by atoms with van der Waals surface area (Å²) in [5.41, 5.74) is 3.89. The highest BCUT2D eigenvalue weighted by molar-refractivity contribution is 5.52. The predicted octanol–water partition coefficient (Wildman–Crippen LogP) is 2.65. The molecule has 1 atom stereocenters. The van der Waals surface area contributed by atoms with E-state index in [0.29, 0.717) is 17.4 Å². The lowest BCUT2D eigenvalue weighted by Crippen LogP contribution is -2.33. The maximum Gasteiger partial charge on any atom is 0.164 e. The first kappa shape index (κ1) is 16.6. The Bertz CT molecular complexity index is 420. The van der Waals surface area contributed by atoms with E-state index in [1.807, 2.05) is 12.1 Å². The van der Waals surface area contributed by atoms with Gasteiger partial charge in [0.2, 0.25) is 0 Å². The highest BCUT2D eigenvalue weighted by Crippen LogP contribution is 2.40. The van der Waals surface area contributed by atoms with Crippen molar-refractivity contribution in [2.24, 2.45) is 11.8 Å². The van der Waals surface area contributed by atoms with Crippen LogP contribution in [0.4, 0.5) is 0 Å². The monoisotopic (exact) mass is 282 g/mol. The van der Waals surface area contributed by atoms with Gasteiger partial charge in [0.05, 0.1) is 27.4 Å². The molecule has 20 heavy (non-hydrogen) atoms. The lowest BCUT2D eigenvalue weighted by atomic mass is 9.88. The van der Waals surface area contributed by atoms with Crippen LogP contribution in [0.5, 0.6) is 17.2 Å². The molecule has 1 unspecified atom stereocenters. The lowest BCUT2D eigenvalue weighted by Gasteiger charge is -2.27. The van der Waals surface area contributed by atoms with Crippen molar-refractivity contribution in [3.63, 3.8) is 0 Å². The second-order valence-corrected chi connectivity index (χ2v) is 4.67. The Morgan fingerprint density at radius 1 is 0.950 bits per heavy atom. The minimum Gasteiger partial charge on any atom is -0.496 e. The van der Waals surface area contributed by atoms with Crippen molar-refractivity contribution >= 4 is 0 Å². The van der Waals surface area contributed by atoms with Crippen LogP contribution in [0.2, 0.25) is 0 Å².